The molecule has 6 heteroatoms. The van der Waals surface area contributed by atoms with Gasteiger partial charge >= 0.3 is 0 Å². The number of H-pyrrole nitrogens is 1. The minimum absolute atomic E-state index is 0.130. The predicted molar refractivity (Wildman–Crippen MR) is 46.3 cm³/mol. The second-order valence-electron chi connectivity index (χ2n) is 4.13. The van der Waals surface area contributed by atoms with Gasteiger partial charge < -0.3 is 5.32 Å². The third-order valence-corrected chi connectivity index (χ3v) is 3.13. The summed E-state index contributed by atoms with van der Waals surface area (Å²) in [6.45, 7) is 0. The summed E-state index contributed by atoms with van der Waals surface area (Å²) < 4.78 is 0. The van der Waals surface area contributed by atoms with Crippen molar-refractivity contribution in [3.05, 3.63) is 5.82 Å². The van der Waals surface area contributed by atoms with E-state index in [0.29, 0.717) is 6.04 Å². The first-order chi connectivity index (χ1) is 6.83. The van der Waals surface area contributed by atoms with Crippen molar-refractivity contribution in [2.75, 3.05) is 0 Å². The molecule has 14 heavy (non-hydrogen) atoms. The highest BCUT2D eigenvalue weighted by Gasteiger charge is 2.46. The van der Waals surface area contributed by atoms with Gasteiger partial charge in [0, 0.05) is 6.04 Å². The molecule has 1 aromatic rings. The fourth-order valence-corrected chi connectivity index (χ4v) is 2.34. The summed E-state index contributed by atoms with van der Waals surface area (Å²) in [6, 6.07) is 0.324. The standard InChI is InChI=1S/C8H11N5O/c14-8(7-10-12-13-11-7)9-6-2-4-1-5(4)3-6/h4-6H,1-3H2,(H,9,14)(H,10,11,12,13). The maximum Gasteiger partial charge on any atom is 0.293 e. The number of fused-ring (bicyclic) bond motifs is 1. The molecule has 3 rings (SSSR count). The van der Waals surface area contributed by atoms with Crippen molar-refractivity contribution in [1.82, 2.24) is 25.9 Å². The van der Waals surface area contributed by atoms with Gasteiger partial charge in [-0.1, -0.05) is 0 Å². The van der Waals surface area contributed by atoms with Crippen LogP contribution in [0.25, 0.3) is 0 Å². The minimum Gasteiger partial charge on any atom is -0.346 e. The van der Waals surface area contributed by atoms with Crippen molar-refractivity contribution in [2.24, 2.45) is 11.8 Å². The van der Waals surface area contributed by atoms with E-state index in [1.54, 1.807) is 0 Å². The van der Waals surface area contributed by atoms with Gasteiger partial charge in [0.05, 0.1) is 0 Å². The van der Waals surface area contributed by atoms with Gasteiger partial charge in [-0.2, -0.15) is 5.21 Å². The minimum atomic E-state index is -0.218. The maximum absolute atomic E-state index is 11.5. The van der Waals surface area contributed by atoms with E-state index < -0.39 is 0 Å². The second-order valence-corrected chi connectivity index (χ2v) is 4.13. The van der Waals surface area contributed by atoms with Crippen LogP contribution in [0.5, 0.6) is 0 Å². The Hall–Kier alpha value is -1.46. The van der Waals surface area contributed by atoms with E-state index in [4.69, 9.17) is 0 Å². The molecule has 1 amide bonds. The zero-order valence-electron chi connectivity index (χ0n) is 7.60. The van der Waals surface area contributed by atoms with Crippen molar-refractivity contribution in [2.45, 2.75) is 25.3 Å². The first kappa shape index (κ1) is 7.90. The van der Waals surface area contributed by atoms with Crippen LogP contribution in [0, 0.1) is 11.8 Å². The summed E-state index contributed by atoms with van der Waals surface area (Å²) in [5.41, 5.74) is 0. The maximum atomic E-state index is 11.5. The number of aromatic amines is 1. The van der Waals surface area contributed by atoms with Gasteiger partial charge in [0.2, 0.25) is 0 Å². The van der Waals surface area contributed by atoms with Gasteiger partial charge in [-0.3, -0.25) is 4.79 Å². The molecule has 2 fully saturated rings. The summed E-state index contributed by atoms with van der Waals surface area (Å²) in [5, 5.41) is 15.8. The van der Waals surface area contributed by atoms with Crippen LogP contribution >= 0.6 is 0 Å². The number of carbonyl (C=O) groups is 1. The highest BCUT2D eigenvalue weighted by molar-refractivity contribution is 5.90. The molecule has 1 heterocycles. The molecule has 0 aliphatic heterocycles. The molecule has 6 nitrogen and oxygen atoms in total. The first-order valence-electron chi connectivity index (χ1n) is 4.87. The number of rotatable bonds is 2. The Morgan fingerprint density at radius 2 is 2.14 bits per heavy atom. The summed E-state index contributed by atoms with van der Waals surface area (Å²) in [6.07, 6.45) is 3.59. The average molecular weight is 193 g/mol. The Balaban J connectivity index is 1.60. The van der Waals surface area contributed by atoms with Gasteiger partial charge in [0.15, 0.2) is 0 Å². The number of hydrogen-bond acceptors (Lipinski definition) is 4. The lowest BCUT2D eigenvalue weighted by Gasteiger charge is -2.11. The molecule has 2 aliphatic carbocycles. The summed E-state index contributed by atoms with van der Waals surface area (Å²) in [4.78, 5) is 11.5. The number of nitrogens with zero attached hydrogens (tertiary/aromatic N) is 3. The van der Waals surface area contributed by atoms with Gasteiger partial charge in [-0.05, 0) is 36.3 Å². The fourth-order valence-electron chi connectivity index (χ4n) is 2.34. The largest absolute Gasteiger partial charge is 0.346 e. The molecular weight excluding hydrogens is 182 g/mol. The smallest absolute Gasteiger partial charge is 0.293 e. The van der Waals surface area contributed by atoms with Gasteiger partial charge in [0.25, 0.3) is 11.7 Å². The quantitative estimate of drug-likeness (QED) is 0.677. The highest BCUT2D eigenvalue weighted by atomic mass is 16.2. The molecular formula is C8H11N5O. The molecule has 1 aromatic heterocycles. The van der Waals surface area contributed by atoms with Crippen molar-refractivity contribution >= 4 is 5.91 Å². The average Bonchev–Trinajstić information content (AvgIpc) is 2.69. The zero-order chi connectivity index (χ0) is 9.54. The van der Waals surface area contributed by atoms with Gasteiger partial charge in [-0.15, -0.1) is 10.2 Å². The Kier molecular flexibility index (Phi) is 1.56. The first-order valence-corrected chi connectivity index (χ1v) is 4.87. The normalized spacial score (nSPS) is 33.9. The number of amides is 1. The van der Waals surface area contributed by atoms with Gasteiger partial charge in [0.1, 0.15) is 0 Å². The van der Waals surface area contributed by atoms with E-state index >= 15 is 0 Å². The Labute approximate surface area is 80.5 Å². The lowest BCUT2D eigenvalue weighted by Crippen LogP contribution is -2.34. The van der Waals surface area contributed by atoms with E-state index in [2.05, 4.69) is 25.9 Å². The Bertz CT molecular complexity index is 339. The van der Waals surface area contributed by atoms with E-state index in [1.165, 1.54) is 6.42 Å². The third-order valence-electron chi connectivity index (χ3n) is 3.13. The van der Waals surface area contributed by atoms with Crippen LogP contribution < -0.4 is 5.32 Å². The number of carbonyl (C=O) groups excluding carboxylic acids is 1. The zero-order valence-corrected chi connectivity index (χ0v) is 7.60. The van der Waals surface area contributed by atoms with Crippen molar-refractivity contribution in [3.63, 3.8) is 0 Å². The summed E-state index contributed by atoms with van der Waals surface area (Å²) >= 11 is 0. The van der Waals surface area contributed by atoms with Crippen molar-refractivity contribution in [3.8, 4) is 0 Å². The van der Waals surface area contributed by atoms with E-state index in [0.717, 1.165) is 24.7 Å². The van der Waals surface area contributed by atoms with Crippen LogP contribution in [0.2, 0.25) is 0 Å². The molecule has 2 aliphatic rings. The lowest BCUT2D eigenvalue weighted by molar-refractivity contribution is 0.0925. The predicted octanol–water partition coefficient (Wildman–Crippen LogP) is -0.272. The highest BCUT2D eigenvalue weighted by Crippen LogP contribution is 2.51. The van der Waals surface area contributed by atoms with E-state index in [-0.39, 0.29) is 11.7 Å². The lowest BCUT2D eigenvalue weighted by atomic mass is 10.1. The SMILES string of the molecule is O=C(NC1CC2CC2C1)c1nn[nH]n1. The molecule has 0 spiro atoms. The number of aromatic nitrogens is 4. The van der Waals surface area contributed by atoms with E-state index in [9.17, 15) is 4.79 Å². The summed E-state index contributed by atoms with van der Waals surface area (Å²) in [5.74, 6) is 1.65. The number of nitrogens with one attached hydrogen (secondary N) is 2. The Morgan fingerprint density at radius 1 is 1.36 bits per heavy atom. The molecule has 0 radical (unpaired) electrons. The van der Waals surface area contributed by atoms with Gasteiger partial charge in [-0.25, -0.2) is 0 Å². The van der Waals surface area contributed by atoms with Crippen molar-refractivity contribution < 1.29 is 4.79 Å². The molecule has 2 unspecified atom stereocenters. The Morgan fingerprint density at radius 3 is 2.79 bits per heavy atom. The molecule has 74 valence electrons. The van der Waals surface area contributed by atoms with E-state index in [1.807, 2.05) is 0 Å². The van der Waals surface area contributed by atoms with Crippen LogP contribution in [0.15, 0.2) is 0 Å². The summed E-state index contributed by atoms with van der Waals surface area (Å²) in [7, 11) is 0. The second kappa shape index (κ2) is 2.76. The fraction of sp³-hybridized carbons (Fsp3) is 0.750. The molecule has 2 saturated carbocycles. The molecule has 0 saturated heterocycles. The van der Waals surface area contributed by atoms with Crippen molar-refractivity contribution in [1.29, 1.82) is 0 Å². The van der Waals surface area contributed by atoms with Crippen LogP contribution in [0.1, 0.15) is 29.9 Å². The monoisotopic (exact) mass is 193 g/mol. The molecule has 2 atom stereocenters. The topological polar surface area (TPSA) is 83.6 Å². The number of tetrazole rings is 1. The van der Waals surface area contributed by atoms with Crippen LogP contribution in [0.3, 0.4) is 0 Å². The molecule has 2 N–H and O–H groups in total. The third kappa shape index (κ3) is 1.26. The number of hydrogen-bond donors (Lipinski definition) is 2. The van der Waals surface area contributed by atoms with Crippen LogP contribution in [-0.2, 0) is 0 Å². The molecule has 0 bridgehead atoms. The van der Waals surface area contributed by atoms with Crippen LogP contribution in [-0.4, -0.2) is 32.6 Å². The molecule has 0 aromatic carbocycles. The van der Waals surface area contributed by atoms with Crippen LogP contribution in [0.4, 0.5) is 0 Å².